The number of carbonyl (C=O) groups is 10. The summed E-state index contributed by atoms with van der Waals surface area (Å²) in [5.41, 5.74) is 2.27. The number of benzene rings is 2. The second kappa shape index (κ2) is 20.3. The van der Waals surface area contributed by atoms with Crippen LogP contribution in [0.4, 0.5) is 0 Å². The number of aromatic nitrogens is 1. The van der Waals surface area contributed by atoms with Gasteiger partial charge in [-0.25, -0.2) is 9.59 Å². The van der Waals surface area contributed by atoms with Crippen LogP contribution in [0, 0.1) is 5.41 Å². The number of likely N-dealkylation sites (tertiary alicyclic amines) is 1. The smallest absolute Gasteiger partial charge is 0.373 e. The van der Waals surface area contributed by atoms with E-state index in [0.29, 0.717) is 23.4 Å². The number of hydrogen-bond donors (Lipinski definition) is 6. The molecule has 3 aromatic rings. The number of hydrogen-bond acceptors (Lipinski definition) is 18. The summed E-state index contributed by atoms with van der Waals surface area (Å²) in [7, 11) is 1.78. The largest absolute Gasteiger partial charge is 0.507 e. The topological polar surface area (TPSA) is 342 Å². The number of phenolic OH excluding ortho intramolecular Hbond substituents is 2. The molecular formula is C49H38N2O18. The lowest BCUT2D eigenvalue weighted by Crippen LogP contribution is -2.25. The van der Waals surface area contributed by atoms with E-state index in [2.05, 4.69) is 4.98 Å². The van der Waals surface area contributed by atoms with Crippen molar-refractivity contribution in [3.8, 4) is 11.5 Å². The monoisotopic (exact) mass is 942 g/mol. The molecule has 1 saturated heterocycles. The number of aliphatic carboxylic acids is 1. The third-order valence-electron chi connectivity index (χ3n) is 10.9. The number of aromatic carboxylic acids is 1. The molecule has 6 N–H and O–H groups in total. The Morgan fingerprint density at radius 2 is 1.23 bits per heavy atom. The Morgan fingerprint density at radius 3 is 1.74 bits per heavy atom. The molecule has 1 aliphatic heterocycles. The minimum absolute atomic E-state index is 0.0390. The summed E-state index contributed by atoms with van der Waals surface area (Å²) >= 11 is 0. The van der Waals surface area contributed by atoms with Crippen molar-refractivity contribution >= 4 is 69.9 Å². The highest BCUT2D eigenvalue weighted by atomic mass is 16.4. The van der Waals surface area contributed by atoms with Gasteiger partial charge in [0, 0.05) is 71.4 Å². The normalized spacial score (nSPS) is 17.3. The van der Waals surface area contributed by atoms with Gasteiger partial charge in [-0.15, -0.1) is 0 Å². The molecule has 1 atom stereocenters. The van der Waals surface area contributed by atoms with E-state index in [-0.39, 0.29) is 91.9 Å². The van der Waals surface area contributed by atoms with Crippen LogP contribution in [0.3, 0.4) is 0 Å². The Kier molecular flexibility index (Phi) is 15.0. The summed E-state index contributed by atoms with van der Waals surface area (Å²) in [6.07, 6.45) is 6.83. The number of β-amino-alcohol motifs (C(OH)–C–C–N with tert-alkyl or cyclic N) is 1. The summed E-state index contributed by atoms with van der Waals surface area (Å²) in [4.78, 5) is 137. The molecule has 9 rings (SSSR count). The molecule has 20 nitrogen and oxygen atoms in total. The molecule has 0 spiro atoms. The first-order valence-corrected chi connectivity index (χ1v) is 20.1. The maximum Gasteiger partial charge on any atom is 0.373 e. The van der Waals surface area contributed by atoms with Crippen molar-refractivity contribution in [1.29, 1.82) is 0 Å². The van der Waals surface area contributed by atoms with Crippen LogP contribution in [0.15, 0.2) is 113 Å². The van der Waals surface area contributed by atoms with E-state index in [1.165, 1.54) is 54.6 Å². The Hall–Kier alpha value is -8.97. The van der Waals surface area contributed by atoms with E-state index in [4.69, 9.17) is 19.8 Å². The number of aliphatic hydroxyl groups excluding tert-OH is 2. The molecule has 2 aromatic carbocycles. The number of rotatable bonds is 3. The van der Waals surface area contributed by atoms with Crippen molar-refractivity contribution in [3.05, 3.63) is 152 Å². The van der Waals surface area contributed by atoms with Gasteiger partial charge in [0.15, 0.2) is 11.6 Å². The number of aromatic hydroxyl groups is 2. The first-order chi connectivity index (χ1) is 32.4. The zero-order valence-corrected chi connectivity index (χ0v) is 36.7. The van der Waals surface area contributed by atoms with Crippen LogP contribution in [0.1, 0.15) is 85.4 Å². The lowest BCUT2D eigenvalue weighted by Gasteiger charge is -2.26. The number of aliphatic hydroxyl groups is 2. The molecule has 0 amide bonds. The molecule has 0 radical (unpaired) electrons. The Labute approximate surface area is 389 Å². The van der Waals surface area contributed by atoms with Crippen molar-refractivity contribution in [3.63, 3.8) is 0 Å². The number of carboxylic acid groups (broad SMARTS) is 2. The van der Waals surface area contributed by atoms with Gasteiger partial charge >= 0.3 is 18.1 Å². The number of ketones is 8. The van der Waals surface area contributed by atoms with Gasteiger partial charge in [0.2, 0.25) is 28.9 Å². The summed E-state index contributed by atoms with van der Waals surface area (Å²) in [6, 6.07) is 9.97. The SMILES string of the molecule is CC(C)(C)C1=CC(=O)C(=O)C=C1CO.CN1CC(O)C2=CC(=O)C(=O)C=C21.O=C(O)C1=CC2=C(C1)c1c(C(=O)O)ccnc1C(=O)C2=O.O=C1c2ccccc2C(=O)c2c(O)ccc(O)c21.O=C=O. The molecule has 1 aromatic heterocycles. The average Bonchev–Trinajstić information content (AvgIpc) is 3.87. The first kappa shape index (κ1) is 51.0. The number of phenols is 2. The molecule has 0 saturated carbocycles. The second-order valence-electron chi connectivity index (χ2n) is 16.3. The minimum Gasteiger partial charge on any atom is -0.507 e. The number of Topliss-reactive ketones (excluding diaryl/α,β-unsaturated/α-hetero) is 2. The summed E-state index contributed by atoms with van der Waals surface area (Å²) in [5.74, 6) is -7.88. The van der Waals surface area contributed by atoms with Gasteiger partial charge in [-0.2, -0.15) is 9.59 Å². The Balaban J connectivity index is 0.000000171. The molecule has 0 bridgehead atoms. The van der Waals surface area contributed by atoms with Gasteiger partial charge < -0.3 is 35.5 Å². The maximum absolute atomic E-state index is 12.2. The number of likely N-dealkylation sites (N-methyl/N-ethyl adjacent to an activating group) is 1. The highest BCUT2D eigenvalue weighted by Gasteiger charge is 2.40. The van der Waals surface area contributed by atoms with Crippen LogP contribution in [0.2, 0.25) is 0 Å². The zero-order chi connectivity index (χ0) is 51.4. The summed E-state index contributed by atoms with van der Waals surface area (Å²) in [6.45, 7) is 6.04. The summed E-state index contributed by atoms with van der Waals surface area (Å²) < 4.78 is 0. The molecule has 2 heterocycles. The van der Waals surface area contributed by atoms with Gasteiger partial charge in [-0.1, -0.05) is 45.0 Å². The van der Waals surface area contributed by atoms with Crippen molar-refractivity contribution in [1.82, 2.24) is 9.88 Å². The van der Waals surface area contributed by atoms with Crippen LogP contribution < -0.4 is 0 Å². The third-order valence-corrected chi connectivity index (χ3v) is 10.9. The molecule has 20 heteroatoms. The summed E-state index contributed by atoms with van der Waals surface area (Å²) in [5, 5.41) is 56.2. The fourth-order valence-corrected chi connectivity index (χ4v) is 7.75. The predicted octanol–water partition coefficient (Wildman–Crippen LogP) is 2.29. The van der Waals surface area contributed by atoms with Gasteiger partial charge in [-0.05, 0) is 64.6 Å². The standard InChI is InChI=1S/C14H7NO6.C14H8O4.C11H14O3.C9H9NO3.CO2/c16-11-8-4-5(13(18)19)3-7(8)9-6(14(20)21)1-2-15-10(9)12(11)17;15-9-5-6-10(16)12-11(9)13(17)7-3-1-2-4-8(7)14(12)18;1-11(2,3)8-5-10(14)9(13)4-7(8)6-12;1-10-4-9(13)5-2-7(11)8(12)3-6(5)10;2-1-3/h1-2,4H,3H2,(H,18,19)(H,20,21);1-6,15-16H;4-5,12H,6H2,1-3H3;2-3,9,13H,4H2,1H3;. The quantitative estimate of drug-likeness (QED) is 0.0974. The molecule has 1 unspecified atom stereocenters. The number of pyridine rings is 1. The predicted molar refractivity (Wildman–Crippen MR) is 233 cm³/mol. The number of fused-ring (bicyclic) bond motifs is 5. The number of carbonyl (C=O) groups excluding carboxylic acids is 10. The molecule has 69 heavy (non-hydrogen) atoms. The van der Waals surface area contributed by atoms with Crippen molar-refractivity contribution < 1.29 is 88.2 Å². The highest BCUT2D eigenvalue weighted by molar-refractivity contribution is 6.53. The number of carboxylic acids is 2. The van der Waals surface area contributed by atoms with Crippen LogP contribution in [0.5, 0.6) is 11.5 Å². The van der Waals surface area contributed by atoms with E-state index in [9.17, 15) is 68.4 Å². The van der Waals surface area contributed by atoms with Crippen molar-refractivity contribution in [2.24, 2.45) is 5.41 Å². The van der Waals surface area contributed by atoms with Crippen LogP contribution in [-0.2, 0) is 38.4 Å². The molecular weight excluding hydrogens is 905 g/mol. The van der Waals surface area contributed by atoms with Gasteiger partial charge in [0.05, 0.1) is 29.4 Å². The van der Waals surface area contributed by atoms with Crippen molar-refractivity contribution in [2.75, 3.05) is 20.2 Å². The highest BCUT2D eigenvalue weighted by Crippen LogP contribution is 2.41. The van der Waals surface area contributed by atoms with Gasteiger partial charge in [-0.3, -0.25) is 43.3 Å². The maximum atomic E-state index is 12.2. The fraction of sp³-hybridized carbons (Fsp3) is 0.184. The molecule has 1 fully saturated rings. The minimum atomic E-state index is -1.27. The van der Waals surface area contributed by atoms with Crippen LogP contribution >= 0.6 is 0 Å². The van der Waals surface area contributed by atoms with E-state index in [1.54, 1.807) is 24.1 Å². The lowest BCUT2D eigenvalue weighted by atomic mass is 9.78. The van der Waals surface area contributed by atoms with Gasteiger partial charge in [0.1, 0.15) is 17.2 Å². The lowest BCUT2D eigenvalue weighted by molar-refractivity contribution is -0.191. The van der Waals surface area contributed by atoms with E-state index >= 15 is 0 Å². The van der Waals surface area contributed by atoms with E-state index in [1.807, 2.05) is 20.8 Å². The number of nitrogens with zero attached hydrogens (tertiary/aromatic N) is 2. The van der Waals surface area contributed by atoms with Crippen molar-refractivity contribution in [2.45, 2.75) is 33.3 Å². The molecule has 6 aliphatic rings. The van der Waals surface area contributed by atoms with Crippen LogP contribution in [0.25, 0.3) is 5.57 Å². The number of allylic oxidation sites excluding steroid dienone is 7. The molecule has 352 valence electrons. The fourth-order valence-electron chi connectivity index (χ4n) is 7.75. The Bertz CT molecular complexity index is 3000. The first-order valence-electron chi connectivity index (χ1n) is 20.1. The van der Waals surface area contributed by atoms with E-state index < -0.39 is 64.3 Å². The molecule has 5 aliphatic carbocycles. The van der Waals surface area contributed by atoms with Crippen LogP contribution in [-0.4, -0.2) is 131 Å². The zero-order valence-electron chi connectivity index (χ0n) is 36.7. The van der Waals surface area contributed by atoms with Gasteiger partial charge in [0.25, 0.3) is 5.78 Å². The van der Waals surface area contributed by atoms with E-state index in [0.717, 1.165) is 17.8 Å². The Morgan fingerprint density at radius 1 is 0.710 bits per heavy atom. The second-order valence-corrected chi connectivity index (χ2v) is 16.3. The average molecular weight is 943 g/mol. The third kappa shape index (κ3) is 10.2.